The first kappa shape index (κ1) is 16.4. The molecule has 0 saturated carbocycles. The lowest BCUT2D eigenvalue weighted by Crippen LogP contribution is -2.34. The van der Waals surface area contributed by atoms with E-state index >= 15 is 0 Å². The Labute approximate surface area is 120 Å². The van der Waals surface area contributed by atoms with E-state index in [2.05, 4.69) is 0 Å². The fourth-order valence-corrected chi connectivity index (χ4v) is 3.39. The molecule has 0 heterocycles. The maximum atomic E-state index is 12.4. The van der Waals surface area contributed by atoms with Crippen LogP contribution in [-0.2, 0) is 16.6 Å². The highest BCUT2D eigenvalue weighted by Crippen LogP contribution is 2.24. The zero-order valence-electron chi connectivity index (χ0n) is 11.6. The fraction of sp³-hybridized carbons (Fsp3) is 0.538. The van der Waals surface area contributed by atoms with Crippen LogP contribution in [-0.4, -0.2) is 31.4 Å². The highest BCUT2D eigenvalue weighted by molar-refractivity contribution is 7.89. The Morgan fingerprint density at radius 1 is 1.32 bits per heavy atom. The van der Waals surface area contributed by atoms with Crippen LogP contribution in [0, 0.1) is 5.41 Å². The van der Waals surface area contributed by atoms with E-state index in [4.69, 9.17) is 16.7 Å². The Bertz CT molecular complexity index is 549. The van der Waals surface area contributed by atoms with E-state index < -0.39 is 10.0 Å². The summed E-state index contributed by atoms with van der Waals surface area (Å²) in [5.74, 6) is 0. The zero-order valence-corrected chi connectivity index (χ0v) is 13.2. The molecule has 0 bridgehead atoms. The van der Waals surface area contributed by atoms with Crippen molar-refractivity contribution in [2.24, 2.45) is 5.41 Å². The van der Waals surface area contributed by atoms with E-state index in [9.17, 15) is 8.42 Å². The molecule has 1 N–H and O–H groups in total. The molecule has 108 valence electrons. The van der Waals surface area contributed by atoms with Crippen LogP contribution in [0.2, 0.25) is 5.02 Å². The van der Waals surface area contributed by atoms with Gasteiger partial charge in [0.2, 0.25) is 10.0 Å². The predicted octanol–water partition coefficient (Wildman–Crippen LogP) is 2.50. The monoisotopic (exact) mass is 305 g/mol. The van der Waals surface area contributed by atoms with Crippen molar-refractivity contribution in [2.45, 2.75) is 32.3 Å². The molecule has 0 unspecified atom stereocenters. The molecule has 0 aromatic heterocycles. The summed E-state index contributed by atoms with van der Waals surface area (Å²) in [5, 5.41) is 9.50. The lowest BCUT2D eigenvalue weighted by molar-refractivity contribution is 0.281. The van der Waals surface area contributed by atoms with Crippen LogP contribution < -0.4 is 0 Å². The summed E-state index contributed by atoms with van der Waals surface area (Å²) < 4.78 is 26.1. The molecule has 1 aromatic rings. The van der Waals surface area contributed by atoms with Crippen LogP contribution in [0.5, 0.6) is 0 Å². The van der Waals surface area contributed by atoms with Crippen molar-refractivity contribution in [3.8, 4) is 0 Å². The van der Waals surface area contributed by atoms with Gasteiger partial charge in [-0.3, -0.25) is 0 Å². The molecular weight excluding hydrogens is 286 g/mol. The van der Waals surface area contributed by atoms with Crippen LogP contribution in [0.1, 0.15) is 26.3 Å². The van der Waals surface area contributed by atoms with E-state index in [1.165, 1.54) is 22.5 Å². The van der Waals surface area contributed by atoms with Gasteiger partial charge in [-0.05, 0) is 29.2 Å². The Balaban J connectivity index is 3.13. The fourth-order valence-electron chi connectivity index (χ4n) is 1.77. The summed E-state index contributed by atoms with van der Waals surface area (Å²) in [6.45, 7) is 6.04. The lowest BCUT2D eigenvalue weighted by atomic mass is 9.97. The molecule has 4 nitrogen and oxygen atoms in total. The van der Waals surface area contributed by atoms with Crippen LogP contribution in [0.4, 0.5) is 0 Å². The first-order valence-corrected chi connectivity index (χ1v) is 7.75. The summed E-state index contributed by atoms with van der Waals surface area (Å²) in [7, 11) is -2.01. The minimum Gasteiger partial charge on any atom is -0.392 e. The summed E-state index contributed by atoms with van der Waals surface area (Å²) in [4.78, 5) is 0.146. The van der Waals surface area contributed by atoms with Crippen molar-refractivity contribution in [2.75, 3.05) is 13.6 Å². The standard InChI is InChI=1S/C13H20ClNO3S/c1-13(2,3)9-15(4)19(17,18)11-5-6-12(14)10(7-11)8-16/h5-7,16H,8-9H2,1-4H3. The number of rotatable bonds is 4. The summed E-state index contributed by atoms with van der Waals surface area (Å²) in [6, 6.07) is 4.36. The zero-order chi connectivity index (χ0) is 14.8. The van der Waals surface area contributed by atoms with Gasteiger partial charge < -0.3 is 5.11 Å². The van der Waals surface area contributed by atoms with Gasteiger partial charge in [-0.25, -0.2) is 12.7 Å². The first-order valence-electron chi connectivity index (χ1n) is 5.93. The second-order valence-electron chi connectivity index (χ2n) is 5.73. The molecule has 0 saturated heterocycles. The number of aliphatic hydroxyl groups is 1. The van der Waals surface area contributed by atoms with Gasteiger partial charge in [-0.2, -0.15) is 0 Å². The van der Waals surface area contributed by atoms with Crippen molar-refractivity contribution in [1.82, 2.24) is 4.31 Å². The second kappa shape index (κ2) is 5.79. The number of nitrogens with zero attached hydrogens (tertiary/aromatic N) is 1. The van der Waals surface area contributed by atoms with Gasteiger partial charge in [-0.15, -0.1) is 0 Å². The third-order valence-corrected chi connectivity index (χ3v) is 4.76. The molecule has 6 heteroatoms. The van der Waals surface area contributed by atoms with Crippen LogP contribution in [0.15, 0.2) is 23.1 Å². The van der Waals surface area contributed by atoms with Crippen molar-refractivity contribution in [3.05, 3.63) is 28.8 Å². The van der Waals surface area contributed by atoms with Gasteiger partial charge in [0, 0.05) is 18.6 Å². The van der Waals surface area contributed by atoms with Crippen LogP contribution in [0.25, 0.3) is 0 Å². The quantitative estimate of drug-likeness (QED) is 0.930. The molecule has 0 aliphatic carbocycles. The Morgan fingerprint density at radius 2 is 1.89 bits per heavy atom. The molecule has 0 radical (unpaired) electrons. The van der Waals surface area contributed by atoms with E-state index in [0.29, 0.717) is 17.1 Å². The number of aliphatic hydroxyl groups excluding tert-OH is 1. The third kappa shape index (κ3) is 4.18. The second-order valence-corrected chi connectivity index (χ2v) is 8.19. The minimum atomic E-state index is -3.56. The highest BCUT2D eigenvalue weighted by atomic mass is 35.5. The van der Waals surface area contributed by atoms with Gasteiger partial charge >= 0.3 is 0 Å². The van der Waals surface area contributed by atoms with E-state index in [1.54, 1.807) is 7.05 Å². The molecule has 0 aliphatic heterocycles. The number of hydrogen-bond acceptors (Lipinski definition) is 3. The molecule has 0 fully saturated rings. The van der Waals surface area contributed by atoms with Crippen molar-refractivity contribution < 1.29 is 13.5 Å². The van der Waals surface area contributed by atoms with Gasteiger partial charge in [-0.1, -0.05) is 32.4 Å². The third-order valence-electron chi connectivity index (χ3n) is 2.59. The molecular formula is C13H20ClNO3S. The number of sulfonamides is 1. The highest BCUT2D eigenvalue weighted by Gasteiger charge is 2.25. The largest absolute Gasteiger partial charge is 0.392 e. The van der Waals surface area contributed by atoms with E-state index in [-0.39, 0.29) is 16.9 Å². The van der Waals surface area contributed by atoms with Crippen molar-refractivity contribution in [3.63, 3.8) is 0 Å². The Hall–Kier alpha value is -0.620. The van der Waals surface area contributed by atoms with Gasteiger partial charge in [0.25, 0.3) is 0 Å². The Kier molecular flexibility index (Phi) is 5.01. The molecule has 0 aliphatic rings. The normalized spacial score (nSPS) is 13.0. The number of hydrogen-bond donors (Lipinski definition) is 1. The maximum Gasteiger partial charge on any atom is 0.242 e. The van der Waals surface area contributed by atoms with Crippen molar-refractivity contribution in [1.29, 1.82) is 0 Å². The smallest absolute Gasteiger partial charge is 0.242 e. The lowest BCUT2D eigenvalue weighted by Gasteiger charge is -2.26. The Morgan fingerprint density at radius 3 is 2.37 bits per heavy atom. The molecule has 1 rings (SSSR count). The maximum absolute atomic E-state index is 12.4. The summed E-state index contributed by atoms with van der Waals surface area (Å²) in [6.07, 6.45) is 0. The molecule has 0 spiro atoms. The summed E-state index contributed by atoms with van der Waals surface area (Å²) >= 11 is 5.86. The average Bonchev–Trinajstić information content (AvgIpc) is 2.27. The minimum absolute atomic E-state index is 0.131. The van der Waals surface area contributed by atoms with Gasteiger partial charge in [0.15, 0.2) is 0 Å². The molecule has 0 atom stereocenters. The van der Waals surface area contributed by atoms with E-state index in [1.807, 2.05) is 20.8 Å². The molecule has 1 aromatic carbocycles. The molecule has 0 amide bonds. The van der Waals surface area contributed by atoms with Gasteiger partial charge in [0.1, 0.15) is 0 Å². The van der Waals surface area contributed by atoms with Gasteiger partial charge in [0.05, 0.1) is 11.5 Å². The van der Waals surface area contributed by atoms with Crippen LogP contribution in [0.3, 0.4) is 0 Å². The number of benzene rings is 1. The topological polar surface area (TPSA) is 57.6 Å². The first-order chi connectivity index (χ1) is 8.58. The van der Waals surface area contributed by atoms with Crippen molar-refractivity contribution >= 4 is 21.6 Å². The number of halogens is 1. The van der Waals surface area contributed by atoms with E-state index in [0.717, 1.165) is 0 Å². The summed E-state index contributed by atoms with van der Waals surface area (Å²) in [5.41, 5.74) is 0.278. The van der Waals surface area contributed by atoms with Crippen LogP contribution >= 0.6 is 11.6 Å². The average molecular weight is 306 g/mol. The SMILES string of the molecule is CN(CC(C)(C)C)S(=O)(=O)c1ccc(Cl)c(CO)c1. The molecule has 19 heavy (non-hydrogen) atoms. The predicted molar refractivity (Wildman–Crippen MR) is 76.6 cm³/mol.